The summed E-state index contributed by atoms with van der Waals surface area (Å²) in [6.45, 7) is 1.45. The van der Waals surface area contributed by atoms with Crippen LogP contribution in [0.25, 0.3) is 12.2 Å². The molecule has 0 spiro atoms. The number of hydrogen-bond donors (Lipinski definition) is 0. The van der Waals surface area contributed by atoms with E-state index in [1.165, 1.54) is 31.2 Å². The zero-order valence-electron chi connectivity index (χ0n) is 15.3. The van der Waals surface area contributed by atoms with E-state index in [1.807, 2.05) is 0 Å². The van der Waals surface area contributed by atoms with Crippen molar-refractivity contribution < 1.29 is 24.0 Å². The Kier molecular flexibility index (Phi) is 5.49. The number of benzene rings is 2. The predicted molar refractivity (Wildman–Crippen MR) is 103 cm³/mol. The maximum absolute atomic E-state index is 11.2. The molecule has 2 aromatic carbocycles. The number of non-ortho nitro benzene ring substituents is 1. The molecule has 0 fully saturated rings. The van der Waals surface area contributed by atoms with Crippen LogP contribution in [0.2, 0.25) is 0 Å². The van der Waals surface area contributed by atoms with Crippen molar-refractivity contribution in [2.24, 2.45) is 0 Å². The highest BCUT2D eigenvalue weighted by Gasteiger charge is 2.22. The van der Waals surface area contributed by atoms with Crippen molar-refractivity contribution in [3.05, 3.63) is 89.8 Å². The molecule has 3 aromatic rings. The van der Waals surface area contributed by atoms with E-state index in [0.29, 0.717) is 5.56 Å². The molecule has 0 radical (unpaired) electrons. The molecule has 30 heavy (non-hydrogen) atoms. The smallest absolute Gasteiger partial charge is 0.338 e. The van der Waals surface area contributed by atoms with Crippen LogP contribution in [-0.2, 0) is 0 Å². The molecule has 0 aliphatic rings. The fourth-order valence-electron chi connectivity index (χ4n) is 2.54. The molecule has 152 valence electrons. The molecule has 0 aliphatic carbocycles. The third-order valence-corrected chi connectivity index (χ3v) is 3.90. The van der Waals surface area contributed by atoms with Gasteiger partial charge in [-0.1, -0.05) is 23.4 Å². The molecule has 1 aromatic heterocycles. The van der Waals surface area contributed by atoms with Crippen molar-refractivity contribution in [2.45, 2.75) is 6.92 Å². The molecule has 1 heterocycles. The van der Waals surface area contributed by atoms with E-state index in [4.69, 9.17) is 9.26 Å². The summed E-state index contributed by atoms with van der Waals surface area (Å²) in [5.41, 5.74) is -0.546. The molecule has 0 atom stereocenters. The van der Waals surface area contributed by atoms with Crippen LogP contribution >= 0.6 is 0 Å². The quantitative estimate of drug-likeness (QED) is 0.396. The molecule has 3 rings (SSSR count). The molecule has 0 saturated heterocycles. The number of nitro groups is 3. The third-order valence-electron chi connectivity index (χ3n) is 3.90. The van der Waals surface area contributed by atoms with Crippen LogP contribution < -0.4 is 4.74 Å². The van der Waals surface area contributed by atoms with Crippen LogP contribution in [-0.4, -0.2) is 19.9 Å². The first-order valence-corrected chi connectivity index (χ1v) is 8.25. The van der Waals surface area contributed by atoms with Gasteiger partial charge in [0.2, 0.25) is 11.5 Å². The van der Waals surface area contributed by atoms with Gasteiger partial charge in [0.1, 0.15) is 5.75 Å². The maximum Gasteiger partial charge on any atom is 0.338 e. The molecule has 0 unspecified atom stereocenters. The number of ether oxygens (including phenoxy) is 1. The van der Waals surface area contributed by atoms with Crippen LogP contribution in [0.3, 0.4) is 0 Å². The van der Waals surface area contributed by atoms with Crippen molar-refractivity contribution >= 4 is 29.2 Å². The number of hydrogen-bond acceptors (Lipinski definition) is 9. The average Bonchev–Trinajstić information content (AvgIpc) is 3.07. The summed E-state index contributed by atoms with van der Waals surface area (Å²) in [6, 6.07) is 9.37. The van der Waals surface area contributed by atoms with Gasteiger partial charge in [-0.05, 0) is 36.8 Å². The number of aryl methyl sites for hydroxylation is 1. The molecular weight excluding hydrogens is 400 g/mol. The van der Waals surface area contributed by atoms with Crippen molar-refractivity contribution in [3.63, 3.8) is 0 Å². The highest BCUT2D eigenvalue weighted by Crippen LogP contribution is 2.34. The lowest BCUT2D eigenvalue weighted by atomic mass is 10.2. The zero-order valence-corrected chi connectivity index (χ0v) is 15.3. The monoisotopic (exact) mass is 412 g/mol. The number of aromatic nitrogens is 1. The van der Waals surface area contributed by atoms with E-state index in [0.717, 1.165) is 18.2 Å². The summed E-state index contributed by atoms with van der Waals surface area (Å²) in [5, 5.41) is 36.7. The van der Waals surface area contributed by atoms with E-state index < -0.39 is 26.1 Å². The lowest BCUT2D eigenvalue weighted by molar-refractivity contribution is -0.394. The minimum absolute atomic E-state index is 0.0326. The maximum atomic E-state index is 11.2. The van der Waals surface area contributed by atoms with Crippen LogP contribution in [0.15, 0.2) is 47.0 Å². The van der Waals surface area contributed by atoms with Crippen molar-refractivity contribution in [1.82, 2.24) is 5.16 Å². The number of nitro benzene ring substituents is 2. The summed E-state index contributed by atoms with van der Waals surface area (Å²) in [7, 11) is 0. The van der Waals surface area contributed by atoms with Gasteiger partial charge >= 0.3 is 11.4 Å². The molecule has 0 bridgehead atoms. The van der Waals surface area contributed by atoms with Crippen LogP contribution in [0.4, 0.5) is 17.1 Å². The Morgan fingerprint density at radius 1 is 0.967 bits per heavy atom. The van der Waals surface area contributed by atoms with Crippen LogP contribution in [0.1, 0.15) is 17.0 Å². The second-order valence-corrected chi connectivity index (χ2v) is 5.91. The first-order valence-electron chi connectivity index (χ1n) is 8.25. The summed E-state index contributed by atoms with van der Waals surface area (Å²) in [4.78, 5) is 31.0. The summed E-state index contributed by atoms with van der Waals surface area (Å²) in [6.07, 6.45) is 2.88. The number of rotatable bonds is 7. The molecule has 0 amide bonds. The van der Waals surface area contributed by atoms with Gasteiger partial charge in [0.15, 0.2) is 5.69 Å². The van der Waals surface area contributed by atoms with Gasteiger partial charge < -0.3 is 9.26 Å². The SMILES string of the molecule is Cc1noc(/C=C\c2cccc(Oc3ccc([N+](=O)[O-])cc3[N+](=O)[O-])c2)c1[N+](=O)[O-]. The second kappa shape index (κ2) is 8.18. The highest BCUT2D eigenvalue weighted by atomic mass is 16.6. The normalized spacial score (nSPS) is 10.8. The Morgan fingerprint density at radius 3 is 2.40 bits per heavy atom. The fraction of sp³-hybridized carbons (Fsp3) is 0.0556. The van der Waals surface area contributed by atoms with Gasteiger partial charge in [-0.2, -0.15) is 0 Å². The molecule has 0 N–H and O–H groups in total. The highest BCUT2D eigenvalue weighted by molar-refractivity contribution is 5.72. The fourth-order valence-corrected chi connectivity index (χ4v) is 2.54. The number of nitrogens with zero attached hydrogens (tertiary/aromatic N) is 4. The lowest BCUT2D eigenvalue weighted by Crippen LogP contribution is -1.96. The van der Waals surface area contributed by atoms with Gasteiger partial charge in [0.25, 0.3) is 5.69 Å². The van der Waals surface area contributed by atoms with E-state index in [1.54, 1.807) is 12.1 Å². The lowest BCUT2D eigenvalue weighted by Gasteiger charge is -2.07. The Morgan fingerprint density at radius 2 is 1.73 bits per heavy atom. The molecule has 0 aliphatic heterocycles. The molecule has 0 saturated carbocycles. The second-order valence-electron chi connectivity index (χ2n) is 5.91. The van der Waals surface area contributed by atoms with Crippen LogP contribution in [0, 0.1) is 37.3 Å². The largest absolute Gasteiger partial charge is 0.450 e. The third kappa shape index (κ3) is 4.27. The molecular formula is C18H12N4O8. The zero-order chi connectivity index (χ0) is 21.8. The summed E-state index contributed by atoms with van der Waals surface area (Å²) in [5.74, 6) is 0.0143. The van der Waals surface area contributed by atoms with Gasteiger partial charge in [-0.15, -0.1) is 0 Å². The van der Waals surface area contributed by atoms with E-state index in [9.17, 15) is 30.3 Å². The Labute approximate surface area is 167 Å². The van der Waals surface area contributed by atoms with Crippen molar-refractivity contribution in [2.75, 3.05) is 0 Å². The van der Waals surface area contributed by atoms with Crippen LogP contribution in [0.5, 0.6) is 11.5 Å². The van der Waals surface area contributed by atoms with Crippen molar-refractivity contribution in [1.29, 1.82) is 0 Å². The first kappa shape index (κ1) is 20.1. The summed E-state index contributed by atoms with van der Waals surface area (Å²) < 4.78 is 10.5. The molecule has 12 nitrogen and oxygen atoms in total. The van der Waals surface area contributed by atoms with E-state index in [-0.39, 0.29) is 28.6 Å². The minimum atomic E-state index is -0.780. The van der Waals surface area contributed by atoms with E-state index >= 15 is 0 Å². The van der Waals surface area contributed by atoms with Gasteiger partial charge in [-0.3, -0.25) is 30.3 Å². The topological polar surface area (TPSA) is 165 Å². The predicted octanol–water partition coefficient (Wildman–Crippen LogP) is 4.67. The first-order chi connectivity index (χ1) is 14.3. The summed E-state index contributed by atoms with van der Waals surface area (Å²) >= 11 is 0. The van der Waals surface area contributed by atoms with Gasteiger partial charge in [-0.25, -0.2) is 0 Å². The minimum Gasteiger partial charge on any atom is -0.450 e. The molecule has 12 heteroatoms. The van der Waals surface area contributed by atoms with Crippen molar-refractivity contribution in [3.8, 4) is 11.5 Å². The average molecular weight is 412 g/mol. The Hall–Kier alpha value is -4.61. The van der Waals surface area contributed by atoms with E-state index in [2.05, 4.69) is 5.16 Å². The van der Waals surface area contributed by atoms with Gasteiger partial charge in [0.05, 0.1) is 20.8 Å². The standard InChI is InChI=1S/C18H12N4O8/c1-11-18(22(27)28)17(30-19-11)7-5-12-3-2-4-14(9-12)29-16-8-6-13(20(23)24)10-15(16)21(25)26/h2-10H,1H3/b7-5-. The Bertz CT molecular complexity index is 1180. The Balaban J connectivity index is 1.87. The van der Waals surface area contributed by atoms with Gasteiger partial charge in [0, 0.05) is 6.07 Å².